The van der Waals surface area contributed by atoms with Crippen LogP contribution in [0.5, 0.6) is 0 Å². The second kappa shape index (κ2) is 5.16. The first-order valence-corrected chi connectivity index (χ1v) is 7.05. The fourth-order valence-corrected chi connectivity index (χ4v) is 3.65. The second-order valence-corrected chi connectivity index (χ2v) is 5.30. The first-order chi connectivity index (χ1) is 7.79. The Morgan fingerprint density at radius 3 is 2.56 bits per heavy atom. The molecule has 1 fully saturated rings. The smallest absolute Gasteiger partial charge is 0.162 e. The molecular formula is C15H24O. The molecule has 0 bridgehead atoms. The third kappa shape index (κ3) is 1.97. The quantitative estimate of drug-likeness (QED) is 0.679. The molecule has 1 heteroatoms. The number of allylic oxidation sites excluding steroid dienone is 2. The van der Waals surface area contributed by atoms with Crippen molar-refractivity contribution in [1.29, 1.82) is 0 Å². The molecular weight excluding hydrogens is 196 g/mol. The van der Waals surface area contributed by atoms with Crippen LogP contribution in [0.4, 0.5) is 0 Å². The average molecular weight is 220 g/mol. The highest BCUT2D eigenvalue weighted by molar-refractivity contribution is 6.01. The number of fused-ring (bicyclic) bond motifs is 1. The summed E-state index contributed by atoms with van der Waals surface area (Å²) in [6.45, 7) is 4.33. The van der Waals surface area contributed by atoms with E-state index in [-0.39, 0.29) is 0 Å². The van der Waals surface area contributed by atoms with Gasteiger partial charge in [0.25, 0.3) is 0 Å². The Kier molecular flexibility index (Phi) is 3.83. The van der Waals surface area contributed by atoms with Crippen molar-refractivity contribution in [3.8, 4) is 0 Å². The van der Waals surface area contributed by atoms with Crippen LogP contribution in [-0.2, 0) is 4.79 Å². The van der Waals surface area contributed by atoms with Crippen molar-refractivity contribution in [2.75, 3.05) is 0 Å². The fraction of sp³-hybridized carbons (Fsp3) is 0.800. The van der Waals surface area contributed by atoms with Crippen LogP contribution in [0, 0.1) is 11.8 Å². The summed E-state index contributed by atoms with van der Waals surface area (Å²) in [7, 11) is 0. The molecule has 0 aliphatic heterocycles. The van der Waals surface area contributed by atoms with E-state index in [2.05, 4.69) is 13.8 Å². The number of ketones is 1. The van der Waals surface area contributed by atoms with Crippen molar-refractivity contribution in [2.24, 2.45) is 11.8 Å². The molecule has 16 heavy (non-hydrogen) atoms. The minimum atomic E-state index is 0.336. The van der Waals surface area contributed by atoms with Gasteiger partial charge in [-0.1, -0.05) is 38.7 Å². The van der Waals surface area contributed by atoms with Crippen LogP contribution in [-0.4, -0.2) is 5.78 Å². The van der Waals surface area contributed by atoms with Crippen LogP contribution in [0.1, 0.15) is 65.2 Å². The predicted octanol–water partition coefficient (Wildman–Crippen LogP) is 4.27. The Labute approximate surface area is 99.3 Å². The summed E-state index contributed by atoms with van der Waals surface area (Å²) in [5, 5.41) is 0. The van der Waals surface area contributed by atoms with Gasteiger partial charge in [-0.15, -0.1) is 0 Å². The van der Waals surface area contributed by atoms with Crippen LogP contribution in [0.2, 0.25) is 0 Å². The zero-order valence-corrected chi connectivity index (χ0v) is 10.7. The molecule has 0 amide bonds. The Morgan fingerprint density at radius 1 is 1.12 bits per heavy atom. The van der Waals surface area contributed by atoms with Gasteiger partial charge in [0.05, 0.1) is 0 Å². The van der Waals surface area contributed by atoms with E-state index in [0.717, 1.165) is 12.8 Å². The lowest BCUT2D eigenvalue weighted by molar-refractivity contribution is -0.119. The number of hydrogen-bond donors (Lipinski definition) is 0. The number of carbonyl (C=O) groups excluding carboxylic acids is 1. The summed E-state index contributed by atoms with van der Waals surface area (Å²) in [4.78, 5) is 12.3. The van der Waals surface area contributed by atoms with Crippen molar-refractivity contribution < 1.29 is 4.79 Å². The van der Waals surface area contributed by atoms with Crippen LogP contribution < -0.4 is 0 Å². The predicted molar refractivity (Wildman–Crippen MR) is 67.3 cm³/mol. The summed E-state index contributed by atoms with van der Waals surface area (Å²) in [5.41, 5.74) is 2.76. The molecule has 0 heterocycles. The molecule has 0 aromatic heterocycles. The van der Waals surface area contributed by atoms with Crippen molar-refractivity contribution >= 4 is 5.78 Å². The molecule has 1 nitrogen and oxygen atoms in total. The van der Waals surface area contributed by atoms with Crippen LogP contribution in [0.15, 0.2) is 11.1 Å². The number of carbonyl (C=O) groups is 1. The molecule has 0 aromatic rings. The first kappa shape index (κ1) is 11.9. The molecule has 0 N–H and O–H groups in total. The van der Waals surface area contributed by atoms with Crippen LogP contribution in [0.3, 0.4) is 0 Å². The summed E-state index contributed by atoms with van der Waals surface area (Å²) in [5.74, 6) is 1.45. The molecule has 0 radical (unpaired) electrons. The van der Waals surface area contributed by atoms with Gasteiger partial charge in [-0.05, 0) is 43.6 Å². The normalized spacial score (nSPS) is 31.2. The Hall–Kier alpha value is -0.590. The highest BCUT2D eigenvalue weighted by Crippen LogP contribution is 2.43. The Morgan fingerprint density at radius 2 is 1.88 bits per heavy atom. The van der Waals surface area contributed by atoms with Gasteiger partial charge in [-0.2, -0.15) is 0 Å². The van der Waals surface area contributed by atoms with Crippen LogP contribution in [0.25, 0.3) is 0 Å². The summed E-state index contributed by atoms with van der Waals surface area (Å²) >= 11 is 0. The molecule has 2 aliphatic carbocycles. The molecule has 2 atom stereocenters. The van der Waals surface area contributed by atoms with E-state index in [9.17, 15) is 4.79 Å². The maximum atomic E-state index is 12.3. The van der Waals surface area contributed by atoms with Crippen LogP contribution >= 0.6 is 0 Å². The van der Waals surface area contributed by atoms with E-state index in [4.69, 9.17) is 0 Å². The van der Waals surface area contributed by atoms with Crippen molar-refractivity contribution in [3.63, 3.8) is 0 Å². The zero-order chi connectivity index (χ0) is 11.5. The minimum absolute atomic E-state index is 0.336. The molecule has 0 spiro atoms. The van der Waals surface area contributed by atoms with Gasteiger partial charge < -0.3 is 0 Å². The lowest BCUT2D eigenvalue weighted by atomic mass is 9.81. The Balaban J connectivity index is 2.27. The number of rotatable bonds is 2. The second-order valence-electron chi connectivity index (χ2n) is 5.30. The number of hydrogen-bond acceptors (Lipinski definition) is 1. The fourth-order valence-electron chi connectivity index (χ4n) is 3.65. The number of Topliss-reactive ketones (excluding diaryl/α,β-unsaturated/α-hetero) is 1. The Bertz CT molecular complexity index is 301. The minimum Gasteiger partial charge on any atom is -0.294 e. The largest absolute Gasteiger partial charge is 0.294 e. The zero-order valence-electron chi connectivity index (χ0n) is 10.7. The summed E-state index contributed by atoms with van der Waals surface area (Å²) in [6, 6.07) is 0. The third-order valence-corrected chi connectivity index (χ3v) is 4.46. The van der Waals surface area contributed by atoms with Gasteiger partial charge in [-0.25, -0.2) is 0 Å². The summed E-state index contributed by atoms with van der Waals surface area (Å²) in [6.07, 6.45) is 9.83. The lowest BCUT2D eigenvalue weighted by Gasteiger charge is -2.23. The maximum absolute atomic E-state index is 12.3. The topological polar surface area (TPSA) is 17.1 Å². The van der Waals surface area contributed by atoms with E-state index in [1.807, 2.05) is 0 Å². The average Bonchev–Trinajstić information content (AvgIpc) is 2.50. The monoisotopic (exact) mass is 220 g/mol. The van der Waals surface area contributed by atoms with Crippen molar-refractivity contribution in [1.82, 2.24) is 0 Å². The van der Waals surface area contributed by atoms with Crippen molar-refractivity contribution in [3.05, 3.63) is 11.1 Å². The maximum Gasteiger partial charge on any atom is 0.162 e. The molecule has 1 saturated carbocycles. The molecule has 0 aromatic carbocycles. The standard InChI is InChI=1S/C15H24O/c1-3-11-13-9-7-5-6-8-10-14(13)12(4-2)15(11)16/h11,13H,3-10H2,1-2H3. The van der Waals surface area contributed by atoms with E-state index in [0.29, 0.717) is 17.6 Å². The lowest BCUT2D eigenvalue weighted by Crippen LogP contribution is -2.18. The van der Waals surface area contributed by atoms with Gasteiger partial charge in [-0.3, -0.25) is 4.79 Å². The SMILES string of the molecule is CCC1=C2CCCCCCC2C(CC)C1=O. The van der Waals surface area contributed by atoms with Gasteiger partial charge in [0, 0.05) is 5.92 Å². The molecule has 2 rings (SSSR count). The van der Waals surface area contributed by atoms with E-state index < -0.39 is 0 Å². The van der Waals surface area contributed by atoms with E-state index in [1.54, 1.807) is 5.57 Å². The summed E-state index contributed by atoms with van der Waals surface area (Å²) < 4.78 is 0. The third-order valence-electron chi connectivity index (χ3n) is 4.46. The van der Waals surface area contributed by atoms with Gasteiger partial charge in [0.15, 0.2) is 5.78 Å². The van der Waals surface area contributed by atoms with Gasteiger partial charge >= 0.3 is 0 Å². The van der Waals surface area contributed by atoms with E-state index >= 15 is 0 Å². The van der Waals surface area contributed by atoms with Gasteiger partial charge in [0.2, 0.25) is 0 Å². The van der Waals surface area contributed by atoms with E-state index in [1.165, 1.54) is 44.1 Å². The van der Waals surface area contributed by atoms with Gasteiger partial charge in [0.1, 0.15) is 0 Å². The first-order valence-electron chi connectivity index (χ1n) is 7.05. The highest BCUT2D eigenvalue weighted by atomic mass is 16.1. The molecule has 90 valence electrons. The highest BCUT2D eigenvalue weighted by Gasteiger charge is 2.38. The molecule has 2 aliphatic rings. The molecule has 0 saturated heterocycles. The van der Waals surface area contributed by atoms with Crippen molar-refractivity contribution in [2.45, 2.75) is 65.2 Å². The molecule has 2 unspecified atom stereocenters.